The fourth-order valence-corrected chi connectivity index (χ4v) is 3.29. The molecule has 0 unspecified atom stereocenters. The van der Waals surface area contributed by atoms with Gasteiger partial charge >= 0.3 is 5.97 Å². The predicted molar refractivity (Wildman–Crippen MR) is 102 cm³/mol. The topological polar surface area (TPSA) is 56.5 Å². The number of aryl methyl sites for hydroxylation is 1. The number of esters is 1. The van der Waals surface area contributed by atoms with Crippen LogP contribution in [0.2, 0.25) is 0 Å². The van der Waals surface area contributed by atoms with Crippen LogP contribution in [0.1, 0.15) is 15.2 Å². The van der Waals surface area contributed by atoms with E-state index in [-0.39, 0.29) is 16.9 Å². The molecule has 2 heterocycles. The zero-order chi connectivity index (χ0) is 18.1. The van der Waals surface area contributed by atoms with Crippen LogP contribution >= 0.6 is 11.3 Å². The number of hydrogen-bond acceptors (Lipinski definition) is 5. The average molecular weight is 362 g/mol. The van der Waals surface area contributed by atoms with E-state index in [9.17, 15) is 9.59 Å². The Morgan fingerprint density at radius 3 is 2.58 bits per heavy atom. The number of fused-ring (bicyclic) bond motifs is 1. The third-order valence-electron chi connectivity index (χ3n) is 3.96. The van der Waals surface area contributed by atoms with Crippen molar-refractivity contribution in [2.24, 2.45) is 0 Å². The lowest BCUT2D eigenvalue weighted by molar-refractivity contribution is 0.0736. The van der Waals surface area contributed by atoms with Gasteiger partial charge in [-0.05, 0) is 36.1 Å². The molecule has 0 aliphatic rings. The number of hydrogen-bond donors (Lipinski definition) is 0. The van der Waals surface area contributed by atoms with Gasteiger partial charge in [-0.1, -0.05) is 42.5 Å². The van der Waals surface area contributed by atoms with Crippen LogP contribution in [0.3, 0.4) is 0 Å². The van der Waals surface area contributed by atoms with Crippen LogP contribution in [0, 0.1) is 6.92 Å². The van der Waals surface area contributed by atoms with E-state index >= 15 is 0 Å². The van der Waals surface area contributed by atoms with Crippen LogP contribution in [0.4, 0.5) is 0 Å². The monoisotopic (exact) mass is 362 g/mol. The SMILES string of the molecule is Cc1ccc2c(=O)c(OC(=O)c3cccs3)c(-c3ccccc3)oc2c1. The highest BCUT2D eigenvalue weighted by atomic mass is 32.1. The highest BCUT2D eigenvalue weighted by molar-refractivity contribution is 7.12. The summed E-state index contributed by atoms with van der Waals surface area (Å²) < 4.78 is 11.5. The van der Waals surface area contributed by atoms with Crippen molar-refractivity contribution in [3.8, 4) is 17.1 Å². The zero-order valence-electron chi connectivity index (χ0n) is 13.9. The molecule has 0 aliphatic heterocycles. The molecule has 4 rings (SSSR count). The van der Waals surface area contributed by atoms with E-state index in [0.717, 1.165) is 5.56 Å². The number of ether oxygens (including phenoxy) is 1. The molecule has 128 valence electrons. The van der Waals surface area contributed by atoms with Crippen molar-refractivity contribution in [3.05, 3.63) is 86.7 Å². The van der Waals surface area contributed by atoms with Gasteiger partial charge in [0.05, 0.1) is 5.39 Å². The van der Waals surface area contributed by atoms with Gasteiger partial charge in [0, 0.05) is 5.56 Å². The van der Waals surface area contributed by atoms with Gasteiger partial charge in [0.2, 0.25) is 11.2 Å². The maximum Gasteiger partial charge on any atom is 0.353 e. The van der Waals surface area contributed by atoms with Crippen molar-refractivity contribution in [1.29, 1.82) is 0 Å². The summed E-state index contributed by atoms with van der Waals surface area (Å²) in [5.74, 6) is -0.416. The molecule has 0 spiro atoms. The van der Waals surface area contributed by atoms with Crippen molar-refractivity contribution in [2.45, 2.75) is 6.92 Å². The van der Waals surface area contributed by atoms with Gasteiger partial charge in [0.1, 0.15) is 10.5 Å². The Balaban J connectivity index is 1.94. The second kappa shape index (κ2) is 6.61. The minimum absolute atomic E-state index is 0.0917. The predicted octanol–water partition coefficient (Wildman–Crippen LogP) is 5.05. The molecule has 2 aromatic heterocycles. The largest absolute Gasteiger partial charge is 0.452 e. The Bertz CT molecular complexity index is 1140. The maximum atomic E-state index is 13.0. The maximum absolute atomic E-state index is 13.0. The summed E-state index contributed by atoms with van der Waals surface area (Å²) in [5, 5.41) is 2.16. The summed E-state index contributed by atoms with van der Waals surface area (Å²) in [5.41, 5.74) is 1.74. The highest BCUT2D eigenvalue weighted by Crippen LogP contribution is 2.31. The summed E-state index contributed by atoms with van der Waals surface area (Å²) >= 11 is 1.26. The molecule has 0 radical (unpaired) electrons. The summed E-state index contributed by atoms with van der Waals surface area (Å²) in [7, 11) is 0. The number of thiophene rings is 1. The van der Waals surface area contributed by atoms with Crippen LogP contribution in [0.15, 0.2) is 75.3 Å². The lowest BCUT2D eigenvalue weighted by Crippen LogP contribution is -2.15. The van der Waals surface area contributed by atoms with Crippen molar-refractivity contribution < 1.29 is 13.9 Å². The van der Waals surface area contributed by atoms with E-state index in [1.54, 1.807) is 29.6 Å². The Hall–Kier alpha value is -3.18. The number of carbonyl (C=O) groups excluding carboxylic acids is 1. The van der Waals surface area contributed by atoms with Gasteiger partial charge in [-0.3, -0.25) is 4.79 Å². The lowest BCUT2D eigenvalue weighted by Gasteiger charge is -2.10. The molecular formula is C21H14O4S. The van der Waals surface area contributed by atoms with E-state index in [1.165, 1.54) is 11.3 Å². The first-order chi connectivity index (χ1) is 12.6. The van der Waals surface area contributed by atoms with E-state index < -0.39 is 5.97 Å². The number of rotatable bonds is 3. The van der Waals surface area contributed by atoms with Gasteiger partial charge in [-0.25, -0.2) is 4.79 Å². The molecule has 5 heteroatoms. The summed E-state index contributed by atoms with van der Waals surface area (Å²) in [6, 6.07) is 17.9. The van der Waals surface area contributed by atoms with Crippen LogP contribution in [-0.4, -0.2) is 5.97 Å². The third-order valence-corrected chi connectivity index (χ3v) is 4.81. The van der Waals surface area contributed by atoms with Gasteiger partial charge in [-0.2, -0.15) is 0 Å². The standard InChI is InChI=1S/C21H14O4S/c1-13-9-10-15-16(12-13)24-19(14-6-3-2-4-7-14)20(18(15)22)25-21(23)17-8-5-11-26-17/h2-12H,1H3. The smallest absolute Gasteiger partial charge is 0.353 e. The molecule has 0 aliphatic carbocycles. The molecule has 2 aromatic carbocycles. The van der Waals surface area contributed by atoms with Crippen molar-refractivity contribution in [2.75, 3.05) is 0 Å². The molecule has 0 saturated carbocycles. The minimum Gasteiger partial charge on any atom is -0.452 e. The highest BCUT2D eigenvalue weighted by Gasteiger charge is 2.21. The quantitative estimate of drug-likeness (QED) is 0.479. The van der Waals surface area contributed by atoms with Gasteiger partial charge in [-0.15, -0.1) is 11.3 Å². The molecule has 4 nitrogen and oxygen atoms in total. The van der Waals surface area contributed by atoms with Crippen molar-refractivity contribution >= 4 is 28.3 Å². The summed E-state index contributed by atoms with van der Waals surface area (Å²) in [6.45, 7) is 1.92. The zero-order valence-corrected chi connectivity index (χ0v) is 14.7. The summed E-state index contributed by atoms with van der Waals surface area (Å²) in [4.78, 5) is 25.8. The third kappa shape index (κ3) is 2.93. The van der Waals surface area contributed by atoms with E-state index in [0.29, 0.717) is 21.4 Å². The molecule has 26 heavy (non-hydrogen) atoms. The molecule has 0 atom stereocenters. The van der Waals surface area contributed by atoms with E-state index in [1.807, 2.05) is 43.3 Å². The van der Waals surface area contributed by atoms with Crippen LogP contribution in [-0.2, 0) is 0 Å². The second-order valence-electron chi connectivity index (χ2n) is 5.82. The molecule has 0 N–H and O–H groups in total. The number of carbonyl (C=O) groups is 1. The van der Waals surface area contributed by atoms with Gasteiger partial charge < -0.3 is 9.15 Å². The second-order valence-corrected chi connectivity index (χ2v) is 6.77. The fraction of sp³-hybridized carbons (Fsp3) is 0.0476. The molecule has 0 fully saturated rings. The van der Waals surface area contributed by atoms with E-state index in [2.05, 4.69) is 0 Å². The Morgan fingerprint density at radius 2 is 1.85 bits per heavy atom. The molecule has 4 aromatic rings. The first-order valence-corrected chi connectivity index (χ1v) is 8.90. The first kappa shape index (κ1) is 16.3. The Labute approximate surface area is 153 Å². The molecule has 0 saturated heterocycles. The minimum atomic E-state index is -0.573. The van der Waals surface area contributed by atoms with Crippen molar-refractivity contribution in [1.82, 2.24) is 0 Å². The Kier molecular flexibility index (Phi) is 4.14. The normalized spacial score (nSPS) is 10.8. The first-order valence-electron chi connectivity index (χ1n) is 8.02. The van der Waals surface area contributed by atoms with Gasteiger partial charge in [0.15, 0.2) is 5.76 Å². The molecule has 0 amide bonds. The van der Waals surface area contributed by atoms with Gasteiger partial charge in [0.25, 0.3) is 0 Å². The van der Waals surface area contributed by atoms with E-state index in [4.69, 9.17) is 9.15 Å². The lowest BCUT2D eigenvalue weighted by atomic mass is 10.1. The van der Waals surface area contributed by atoms with Crippen LogP contribution in [0.5, 0.6) is 5.75 Å². The van der Waals surface area contributed by atoms with Crippen LogP contribution < -0.4 is 10.2 Å². The molecule has 0 bridgehead atoms. The number of benzene rings is 2. The average Bonchev–Trinajstić information content (AvgIpc) is 3.19. The van der Waals surface area contributed by atoms with Crippen LogP contribution in [0.25, 0.3) is 22.3 Å². The fourth-order valence-electron chi connectivity index (χ4n) is 2.69. The Morgan fingerprint density at radius 1 is 1.04 bits per heavy atom. The summed E-state index contributed by atoms with van der Waals surface area (Å²) in [6.07, 6.45) is 0. The van der Waals surface area contributed by atoms with Crippen molar-refractivity contribution in [3.63, 3.8) is 0 Å². The molecular weight excluding hydrogens is 348 g/mol.